The monoisotopic (exact) mass is 429 g/mol. The molecule has 0 bridgehead atoms. The lowest BCUT2D eigenvalue weighted by Gasteiger charge is -2.50. The van der Waals surface area contributed by atoms with Gasteiger partial charge in [0.25, 0.3) is 5.91 Å². The van der Waals surface area contributed by atoms with Gasteiger partial charge in [0.15, 0.2) is 5.78 Å². The van der Waals surface area contributed by atoms with Crippen molar-refractivity contribution in [2.24, 2.45) is 0 Å². The molecule has 1 spiro atoms. The van der Waals surface area contributed by atoms with E-state index in [-0.39, 0.29) is 24.2 Å². The van der Waals surface area contributed by atoms with E-state index in [1.807, 2.05) is 6.07 Å². The molecule has 2 aromatic rings. The summed E-state index contributed by atoms with van der Waals surface area (Å²) in [5.74, 6) is -0.710. The fraction of sp³-hybridized carbons (Fsp3) is 0.500. The summed E-state index contributed by atoms with van der Waals surface area (Å²) in [7, 11) is 2.10. The normalized spacial score (nSPS) is 18.8. The van der Waals surface area contributed by atoms with Crippen LogP contribution in [0, 0.1) is 5.82 Å². The number of aromatic nitrogens is 1. The van der Waals surface area contributed by atoms with Crippen molar-refractivity contribution in [3.8, 4) is 0 Å². The van der Waals surface area contributed by atoms with E-state index in [0.29, 0.717) is 18.7 Å². The third-order valence-electron chi connectivity index (χ3n) is 6.96. The smallest absolute Gasteiger partial charge is 0.253 e. The number of piperidine rings is 1. The topological polar surface area (TPSA) is 65.8 Å². The standard InChI is InChI=1S/C24H30FN3O3.H2/c1-16(29)20-7-8-21-24(26(4)13-14-28(20)21)9-11-27(12-10-24)22(30)17-5-6-18(19(25)15-17)23(2,3)31;/h5-8,15,31H,9-14H2,1-4H3;1H. The Hall–Kier alpha value is -2.51. The Balaban J connectivity index is 0.00000289. The lowest BCUT2D eigenvalue weighted by atomic mass is 9.81. The van der Waals surface area contributed by atoms with Crippen LogP contribution < -0.4 is 0 Å². The number of hydrogen-bond acceptors (Lipinski definition) is 4. The van der Waals surface area contributed by atoms with Crippen LogP contribution >= 0.6 is 0 Å². The predicted octanol–water partition coefficient (Wildman–Crippen LogP) is 3.38. The number of carbonyl (C=O) groups is 2. The van der Waals surface area contributed by atoms with Crippen LogP contribution in [0.1, 0.15) is 67.1 Å². The fourth-order valence-corrected chi connectivity index (χ4v) is 5.13. The van der Waals surface area contributed by atoms with Crippen LogP contribution in [0.15, 0.2) is 30.3 Å². The maximum absolute atomic E-state index is 14.5. The van der Waals surface area contributed by atoms with Gasteiger partial charge in [-0.1, -0.05) is 6.07 Å². The Labute approximate surface area is 183 Å². The van der Waals surface area contributed by atoms with E-state index in [2.05, 4.69) is 22.6 Å². The van der Waals surface area contributed by atoms with Gasteiger partial charge in [-0.25, -0.2) is 4.39 Å². The number of hydrogen-bond donors (Lipinski definition) is 1. The van der Waals surface area contributed by atoms with Crippen LogP contribution in [-0.4, -0.2) is 57.8 Å². The van der Waals surface area contributed by atoms with E-state index < -0.39 is 11.4 Å². The Bertz CT molecular complexity index is 1040. The van der Waals surface area contributed by atoms with Crippen molar-refractivity contribution in [3.63, 3.8) is 0 Å². The molecule has 2 aliphatic heterocycles. The summed E-state index contributed by atoms with van der Waals surface area (Å²) >= 11 is 0. The molecule has 31 heavy (non-hydrogen) atoms. The summed E-state index contributed by atoms with van der Waals surface area (Å²) in [4.78, 5) is 29.2. The molecule has 0 saturated carbocycles. The van der Waals surface area contributed by atoms with Gasteiger partial charge in [-0.2, -0.15) is 0 Å². The van der Waals surface area contributed by atoms with E-state index in [4.69, 9.17) is 0 Å². The van der Waals surface area contributed by atoms with Crippen LogP contribution in [0.3, 0.4) is 0 Å². The van der Waals surface area contributed by atoms with E-state index in [1.165, 1.54) is 26.0 Å². The number of amides is 1. The molecule has 1 aromatic carbocycles. The highest BCUT2D eigenvalue weighted by atomic mass is 19.1. The summed E-state index contributed by atoms with van der Waals surface area (Å²) in [6.07, 6.45) is 1.50. The Morgan fingerprint density at radius 2 is 1.77 bits per heavy atom. The van der Waals surface area contributed by atoms with Gasteiger partial charge in [0.05, 0.1) is 16.8 Å². The molecule has 1 fully saturated rings. The molecule has 3 heterocycles. The van der Waals surface area contributed by atoms with Gasteiger partial charge in [0.1, 0.15) is 5.82 Å². The largest absolute Gasteiger partial charge is 0.386 e. The molecule has 0 radical (unpaired) electrons. The summed E-state index contributed by atoms with van der Waals surface area (Å²) in [6.45, 7) is 7.37. The summed E-state index contributed by atoms with van der Waals surface area (Å²) in [6, 6.07) is 8.24. The third-order valence-corrected chi connectivity index (χ3v) is 6.96. The number of carbonyl (C=O) groups excluding carboxylic acids is 2. The van der Waals surface area contributed by atoms with Gasteiger partial charge in [-0.3, -0.25) is 14.5 Å². The molecule has 1 N–H and O–H groups in total. The van der Waals surface area contributed by atoms with Crippen LogP contribution in [0.4, 0.5) is 4.39 Å². The molecule has 6 nitrogen and oxygen atoms in total. The molecule has 2 aliphatic rings. The Morgan fingerprint density at radius 1 is 1.10 bits per heavy atom. The second kappa shape index (κ2) is 7.57. The second-order valence-electron chi connectivity index (χ2n) is 9.31. The van der Waals surface area contributed by atoms with Gasteiger partial charge in [0, 0.05) is 51.4 Å². The number of halogens is 1. The Morgan fingerprint density at radius 3 is 2.35 bits per heavy atom. The average Bonchev–Trinajstić information content (AvgIpc) is 3.15. The van der Waals surface area contributed by atoms with Crippen molar-refractivity contribution < 1.29 is 20.5 Å². The molecule has 0 unspecified atom stereocenters. The van der Waals surface area contributed by atoms with Crippen LogP contribution in [-0.2, 0) is 17.7 Å². The first-order valence-electron chi connectivity index (χ1n) is 10.8. The first-order valence-corrected chi connectivity index (χ1v) is 10.8. The highest BCUT2D eigenvalue weighted by molar-refractivity contribution is 5.94. The zero-order chi connectivity index (χ0) is 22.6. The molecule has 168 valence electrons. The second-order valence-corrected chi connectivity index (χ2v) is 9.31. The molecule has 4 rings (SSSR count). The van der Waals surface area contributed by atoms with E-state index >= 15 is 0 Å². The average molecular weight is 430 g/mol. The number of rotatable bonds is 3. The molecule has 7 heteroatoms. The third kappa shape index (κ3) is 3.59. The molecule has 1 aromatic heterocycles. The SMILES string of the molecule is CC(=O)c1ccc2n1CCN(C)C21CCN(C(=O)c2ccc(C(C)(C)O)c(F)c2)CC1.[HH]. The highest BCUT2D eigenvalue weighted by Crippen LogP contribution is 2.41. The van der Waals surface area contributed by atoms with Gasteiger partial charge >= 0.3 is 0 Å². The number of ketones is 1. The number of benzene rings is 1. The van der Waals surface area contributed by atoms with Crippen molar-refractivity contribution in [2.45, 2.75) is 51.3 Å². The number of fused-ring (bicyclic) bond motifs is 2. The van der Waals surface area contributed by atoms with E-state index in [9.17, 15) is 19.1 Å². The maximum atomic E-state index is 14.5. The van der Waals surface area contributed by atoms with Gasteiger partial charge in [0.2, 0.25) is 0 Å². The van der Waals surface area contributed by atoms with Gasteiger partial charge < -0.3 is 14.6 Å². The summed E-state index contributed by atoms with van der Waals surface area (Å²) in [5, 5.41) is 10.1. The molecular formula is C24H32FN3O3. The van der Waals surface area contributed by atoms with E-state index in [1.54, 1.807) is 17.9 Å². The quantitative estimate of drug-likeness (QED) is 0.760. The van der Waals surface area contributed by atoms with Crippen LogP contribution in [0.5, 0.6) is 0 Å². The van der Waals surface area contributed by atoms with Gasteiger partial charge in [-0.05, 0) is 58.0 Å². The summed E-state index contributed by atoms with van der Waals surface area (Å²) in [5.41, 5.74) is 0.830. The number of aliphatic hydroxyl groups is 1. The molecule has 1 saturated heterocycles. The predicted molar refractivity (Wildman–Crippen MR) is 118 cm³/mol. The highest BCUT2D eigenvalue weighted by Gasteiger charge is 2.45. The van der Waals surface area contributed by atoms with Crippen LogP contribution in [0.25, 0.3) is 0 Å². The number of Topliss-reactive ketones (excluding diaryl/α,β-unsaturated/α-hetero) is 1. The maximum Gasteiger partial charge on any atom is 0.253 e. The number of likely N-dealkylation sites (tertiary alicyclic amines) is 1. The van der Waals surface area contributed by atoms with E-state index in [0.717, 1.165) is 37.3 Å². The zero-order valence-electron chi connectivity index (χ0n) is 18.6. The fourth-order valence-electron chi connectivity index (χ4n) is 5.13. The Kier molecular flexibility index (Phi) is 5.30. The number of likely N-dealkylation sites (N-methyl/N-ethyl adjacent to an activating group) is 1. The van der Waals surface area contributed by atoms with Crippen molar-refractivity contribution >= 4 is 11.7 Å². The van der Waals surface area contributed by atoms with Crippen molar-refractivity contribution in [3.05, 3.63) is 58.7 Å². The lowest BCUT2D eigenvalue weighted by Crippen LogP contribution is -2.56. The first kappa shape index (κ1) is 21.7. The van der Waals surface area contributed by atoms with Crippen LogP contribution in [0.2, 0.25) is 0 Å². The number of nitrogens with zero attached hydrogens (tertiary/aromatic N) is 3. The van der Waals surface area contributed by atoms with Crippen molar-refractivity contribution in [2.75, 3.05) is 26.7 Å². The molecule has 1 amide bonds. The minimum atomic E-state index is -1.30. The lowest BCUT2D eigenvalue weighted by molar-refractivity contribution is 0.0127. The van der Waals surface area contributed by atoms with Gasteiger partial charge in [-0.15, -0.1) is 0 Å². The molecule has 0 atom stereocenters. The van der Waals surface area contributed by atoms with Crippen molar-refractivity contribution in [1.29, 1.82) is 0 Å². The minimum Gasteiger partial charge on any atom is -0.386 e. The zero-order valence-corrected chi connectivity index (χ0v) is 18.6. The first-order chi connectivity index (χ1) is 14.5. The summed E-state index contributed by atoms with van der Waals surface area (Å²) < 4.78 is 16.6. The molecular weight excluding hydrogens is 397 g/mol. The molecule has 0 aliphatic carbocycles. The minimum absolute atomic E-state index is 0. The van der Waals surface area contributed by atoms with Crippen molar-refractivity contribution in [1.82, 2.24) is 14.4 Å².